The molecule has 0 saturated heterocycles. The second-order valence-corrected chi connectivity index (χ2v) is 5.07. The summed E-state index contributed by atoms with van der Waals surface area (Å²) in [7, 11) is 2.20. The van der Waals surface area contributed by atoms with E-state index in [1.807, 2.05) is 0 Å². The lowest BCUT2D eigenvalue weighted by atomic mass is 10.1. The van der Waals surface area contributed by atoms with Gasteiger partial charge >= 0.3 is 0 Å². The lowest BCUT2D eigenvalue weighted by Crippen LogP contribution is -2.31. The average molecular weight is 284 g/mol. The summed E-state index contributed by atoms with van der Waals surface area (Å²) in [6.45, 7) is 3.45. The highest BCUT2D eigenvalue weighted by Gasteiger charge is 2.05. The molecule has 90 valence electrons. The molecular weight excluding hydrogens is 262 g/mol. The van der Waals surface area contributed by atoms with Crippen LogP contribution in [0.2, 0.25) is 0 Å². The normalized spacial score (nSPS) is 13.0. The maximum atomic E-state index is 3.52. The van der Waals surface area contributed by atoms with E-state index < -0.39 is 0 Å². The molecule has 1 aromatic carbocycles. The van der Waals surface area contributed by atoms with Gasteiger partial charge in [-0.15, -0.1) is 0 Å². The summed E-state index contributed by atoms with van der Waals surface area (Å²) >= 11 is 3.52. The van der Waals surface area contributed by atoms with Crippen LogP contribution in [-0.4, -0.2) is 29.9 Å². The lowest BCUT2D eigenvalue weighted by molar-refractivity contribution is 0.273. The fourth-order valence-corrected chi connectivity index (χ4v) is 2.17. The molecule has 0 saturated carbocycles. The van der Waals surface area contributed by atoms with Gasteiger partial charge in [-0.25, -0.2) is 0 Å². The van der Waals surface area contributed by atoms with Gasteiger partial charge in [0.2, 0.25) is 0 Å². The van der Waals surface area contributed by atoms with E-state index >= 15 is 0 Å². The molecule has 0 N–H and O–H groups in total. The predicted molar refractivity (Wildman–Crippen MR) is 75.3 cm³/mol. The SMILES string of the molecule is CC(CBr)N(C)CCCCc1ccccc1. The Hall–Kier alpha value is -0.340. The molecule has 0 amide bonds. The van der Waals surface area contributed by atoms with Gasteiger partial charge in [-0.2, -0.15) is 0 Å². The first kappa shape index (κ1) is 13.7. The standard InChI is InChI=1S/C14H22BrN/c1-13(12-15)16(2)11-7-6-10-14-8-4-3-5-9-14/h3-5,8-9,13H,6-7,10-12H2,1-2H3. The molecule has 0 bridgehead atoms. The Labute approximate surface area is 108 Å². The fourth-order valence-electron chi connectivity index (χ4n) is 1.67. The topological polar surface area (TPSA) is 3.24 Å². The van der Waals surface area contributed by atoms with Gasteiger partial charge in [0.15, 0.2) is 0 Å². The molecule has 0 heterocycles. The van der Waals surface area contributed by atoms with Gasteiger partial charge in [-0.05, 0) is 45.3 Å². The summed E-state index contributed by atoms with van der Waals surface area (Å²) in [5.41, 5.74) is 1.46. The molecule has 1 aromatic rings. The molecular formula is C14H22BrN. The van der Waals surface area contributed by atoms with Crippen LogP contribution in [0.1, 0.15) is 25.3 Å². The molecule has 0 fully saturated rings. The molecule has 1 nitrogen and oxygen atoms in total. The van der Waals surface area contributed by atoms with Crippen molar-refractivity contribution >= 4 is 15.9 Å². The first-order valence-electron chi connectivity index (χ1n) is 6.04. The van der Waals surface area contributed by atoms with Gasteiger partial charge in [0, 0.05) is 11.4 Å². The van der Waals surface area contributed by atoms with Gasteiger partial charge < -0.3 is 4.90 Å². The van der Waals surface area contributed by atoms with E-state index in [-0.39, 0.29) is 0 Å². The second kappa shape index (κ2) is 7.86. The monoisotopic (exact) mass is 283 g/mol. The smallest absolute Gasteiger partial charge is 0.0185 e. The van der Waals surface area contributed by atoms with E-state index in [9.17, 15) is 0 Å². The van der Waals surface area contributed by atoms with Crippen molar-refractivity contribution in [3.05, 3.63) is 35.9 Å². The maximum Gasteiger partial charge on any atom is 0.0185 e. The van der Waals surface area contributed by atoms with Crippen LogP contribution in [0.3, 0.4) is 0 Å². The number of hydrogen-bond donors (Lipinski definition) is 0. The Kier molecular flexibility index (Phi) is 6.74. The van der Waals surface area contributed by atoms with Crippen LogP contribution in [0.25, 0.3) is 0 Å². The van der Waals surface area contributed by atoms with Crippen LogP contribution in [0.15, 0.2) is 30.3 Å². The summed E-state index contributed by atoms with van der Waals surface area (Å²) in [6, 6.07) is 11.4. The van der Waals surface area contributed by atoms with Crippen molar-refractivity contribution in [2.75, 3.05) is 18.9 Å². The second-order valence-electron chi connectivity index (χ2n) is 4.43. The average Bonchev–Trinajstić information content (AvgIpc) is 2.34. The molecule has 0 aromatic heterocycles. The Morgan fingerprint density at radius 3 is 2.50 bits per heavy atom. The quantitative estimate of drug-likeness (QED) is 0.545. The molecule has 0 radical (unpaired) electrons. The minimum absolute atomic E-state index is 0.636. The summed E-state index contributed by atoms with van der Waals surface area (Å²) < 4.78 is 0. The third kappa shape index (κ3) is 5.13. The minimum atomic E-state index is 0.636. The number of nitrogens with zero attached hydrogens (tertiary/aromatic N) is 1. The summed E-state index contributed by atoms with van der Waals surface area (Å²) in [5, 5.41) is 1.06. The third-order valence-electron chi connectivity index (χ3n) is 3.04. The molecule has 0 spiro atoms. The number of rotatable bonds is 7. The van der Waals surface area contributed by atoms with Crippen molar-refractivity contribution in [1.29, 1.82) is 0 Å². The number of alkyl halides is 1. The van der Waals surface area contributed by atoms with Gasteiger partial charge in [0.25, 0.3) is 0 Å². The van der Waals surface area contributed by atoms with Crippen LogP contribution in [0.4, 0.5) is 0 Å². The molecule has 0 aliphatic heterocycles. The van der Waals surface area contributed by atoms with Crippen LogP contribution in [0.5, 0.6) is 0 Å². The number of halogens is 1. The van der Waals surface area contributed by atoms with Crippen molar-refractivity contribution in [2.24, 2.45) is 0 Å². The zero-order valence-electron chi connectivity index (χ0n) is 10.3. The first-order chi connectivity index (χ1) is 7.74. The highest BCUT2D eigenvalue weighted by molar-refractivity contribution is 9.09. The maximum absolute atomic E-state index is 3.52. The van der Waals surface area contributed by atoms with E-state index in [0.717, 1.165) is 5.33 Å². The van der Waals surface area contributed by atoms with Crippen molar-refractivity contribution < 1.29 is 0 Å². The Bertz CT molecular complexity index is 273. The van der Waals surface area contributed by atoms with E-state index in [1.165, 1.54) is 31.4 Å². The first-order valence-corrected chi connectivity index (χ1v) is 7.16. The fraction of sp³-hybridized carbons (Fsp3) is 0.571. The molecule has 2 heteroatoms. The van der Waals surface area contributed by atoms with E-state index in [1.54, 1.807) is 0 Å². The Morgan fingerprint density at radius 2 is 1.88 bits per heavy atom. The van der Waals surface area contributed by atoms with Gasteiger partial charge in [0.1, 0.15) is 0 Å². The van der Waals surface area contributed by atoms with Crippen molar-refractivity contribution in [1.82, 2.24) is 4.90 Å². The van der Waals surface area contributed by atoms with Crippen molar-refractivity contribution in [2.45, 2.75) is 32.2 Å². The van der Waals surface area contributed by atoms with Gasteiger partial charge in [-0.3, -0.25) is 0 Å². The number of aryl methyl sites for hydroxylation is 1. The Balaban J connectivity index is 2.13. The summed E-state index contributed by atoms with van der Waals surface area (Å²) in [5.74, 6) is 0. The Morgan fingerprint density at radius 1 is 1.19 bits per heavy atom. The lowest BCUT2D eigenvalue weighted by Gasteiger charge is -2.22. The van der Waals surface area contributed by atoms with Crippen LogP contribution >= 0.6 is 15.9 Å². The third-order valence-corrected chi connectivity index (χ3v) is 3.98. The molecule has 0 aliphatic rings. The highest BCUT2D eigenvalue weighted by Crippen LogP contribution is 2.06. The molecule has 16 heavy (non-hydrogen) atoms. The largest absolute Gasteiger partial charge is 0.303 e. The van der Waals surface area contributed by atoms with Crippen molar-refractivity contribution in [3.63, 3.8) is 0 Å². The zero-order chi connectivity index (χ0) is 11.8. The molecule has 1 rings (SSSR count). The highest BCUT2D eigenvalue weighted by atomic mass is 79.9. The molecule has 1 atom stereocenters. The number of hydrogen-bond acceptors (Lipinski definition) is 1. The van der Waals surface area contributed by atoms with Gasteiger partial charge in [-0.1, -0.05) is 46.3 Å². The molecule has 0 aliphatic carbocycles. The summed E-state index contributed by atoms with van der Waals surface area (Å²) in [6.07, 6.45) is 3.77. The van der Waals surface area contributed by atoms with Crippen LogP contribution in [-0.2, 0) is 6.42 Å². The van der Waals surface area contributed by atoms with E-state index in [2.05, 4.69) is 65.1 Å². The van der Waals surface area contributed by atoms with Crippen LogP contribution < -0.4 is 0 Å². The van der Waals surface area contributed by atoms with E-state index in [0.29, 0.717) is 6.04 Å². The summed E-state index contributed by atoms with van der Waals surface area (Å²) in [4.78, 5) is 2.42. The van der Waals surface area contributed by atoms with Crippen LogP contribution in [0, 0.1) is 0 Å². The molecule has 1 unspecified atom stereocenters. The van der Waals surface area contributed by atoms with E-state index in [4.69, 9.17) is 0 Å². The van der Waals surface area contributed by atoms with Crippen molar-refractivity contribution in [3.8, 4) is 0 Å². The predicted octanol–water partition coefficient (Wildman–Crippen LogP) is 3.72. The van der Waals surface area contributed by atoms with Gasteiger partial charge in [0.05, 0.1) is 0 Å². The number of unbranched alkanes of at least 4 members (excludes halogenated alkanes) is 1. The minimum Gasteiger partial charge on any atom is -0.303 e. The zero-order valence-corrected chi connectivity index (χ0v) is 11.9. The number of benzene rings is 1.